The lowest BCUT2D eigenvalue weighted by molar-refractivity contribution is -0.274. The molecule has 7 rings (SSSR count). The molecule has 1 saturated heterocycles. The molecule has 242 valence electrons. The van der Waals surface area contributed by atoms with E-state index in [4.69, 9.17) is 9.47 Å². The summed E-state index contributed by atoms with van der Waals surface area (Å²) in [5.41, 5.74) is 2.04. The topological polar surface area (TPSA) is 71.5 Å². The van der Waals surface area contributed by atoms with Gasteiger partial charge in [-0.25, -0.2) is 0 Å². The fraction of sp³-hybridized carbons (Fsp3) is 0.417. The van der Waals surface area contributed by atoms with Gasteiger partial charge >= 0.3 is 6.36 Å². The smallest absolute Gasteiger partial charge is 0.493 e. The van der Waals surface area contributed by atoms with Gasteiger partial charge in [-0.2, -0.15) is 0 Å². The molecule has 46 heavy (non-hydrogen) atoms. The molecule has 3 aromatic rings. The molecule has 1 amide bonds. The van der Waals surface area contributed by atoms with Gasteiger partial charge in [-0.05, 0) is 79.6 Å². The molecular formula is C36H37F3N2O5. The van der Waals surface area contributed by atoms with E-state index in [1.54, 1.807) is 25.1 Å². The van der Waals surface area contributed by atoms with Crippen molar-refractivity contribution in [3.8, 4) is 17.2 Å². The molecule has 1 saturated carbocycles. The van der Waals surface area contributed by atoms with Crippen molar-refractivity contribution in [1.82, 2.24) is 9.80 Å². The van der Waals surface area contributed by atoms with Gasteiger partial charge < -0.3 is 24.2 Å². The van der Waals surface area contributed by atoms with Crippen molar-refractivity contribution in [1.29, 1.82) is 0 Å². The minimum atomic E-state index is -4.81. The van der Waals surface area contributed by atoms with Crippen LogP contribution in [0.1, 0.15) is 41.5 Å². The molecule has 2 heterocycles. The Labute approximate surface area is 266 Å². The van der Waals surface area contributed by atoms with E-state index in [0.29, 0.717) is 42.7 Å². The lowest BCUT2D eigenvalue weighted by atomic mass is 9.48. The van der Waals surface area contributed by atoms with Gasteiger partial charge in [0, 0.05) is 31.3 Å². The maximum Gasteiger partial charge on any atom is 0.573 e. The van der Waals surface area contributed by atoms with Crippen LogP contribution in [-0.2, 0) is 23.1 Å². The Morgan fingerprint density at radius 3 is 2.70 bits per heavy atom. The SMILES string of the molecule is COc1ccc2c3c1OC1C(N(C)C(=O)/C=C/c4cccc(OC(F)(F)F)c4)CC[C@@]4(O)[C@@H](C2)N(CCc2ccccc2)CC[C@]314. The van der Waals surface area contributed by atoms with Crippen LogP contribution in [0.15, 0.2) is 72.8 Å². The number of hydrogen-bond donors (Lipinski definition) is 1. The van der Waals surface area contributed by atoms with Gasteiger partial charge in [0.15, 0.2) is 11.5 Å². The molecule has 2 bridgehead atoms. The molecule has 10 heteroatoms. The molecule has 5 atom stereocenters. The summed E-state index contributed by atoms with van der Waals surface area (Å²) in [5.74, 6) is 0.603. The third-order valence-corrected chi connectivity index (χ3v) is 10.6. The molecule has 2 fully saturated rings. The molecule has 1 spiro atoms. The minimum absolute atomic E-state index is 0.101. The van der Waals surface area contributed by atoms with Crippen LogP contribution in [-0.4, -0.2) is 78.2 Å². The standard InChI is InChI=1S/C36H37F3N2O5/c1-40(30(42)14-11-24-9-6-10-26(21-24)46-36(37,38)39)27-15-17-35(43)29-22-25-12-13-28(44-2)32-31(25)34(35,33(27)45-32)18-20-41(29)19-16-23-7-4-3-5-8-23/h3-14,21,27,29,33,43H,15-20,22H2,1-2H3/b14-11+/t27?,29-,33?,34+,35-/m1/s1. The summed E-state index contributed by atoms with van der Waals surface area (Å²) in [7, 11) is 3.33. The number of alkyl halides is 3. The number of likely N-dealkylation sites (N-methyl/N-ethyl adjacent to an activating group) is 1. The fourth-order valence-electron chi connectivity index (χ4n) is 8.60. The van der Waals surface area contributed by atoms with E-state index in [0.717, 1.165) is 30.6 Å². The number of ether oxygens (including phenoxy) is 3. The number of methoxy groups -OCH3 is 1. The van der Waals surface area contributed by atoms with E-state index in [2.05, 4.69) is 27.8 Å². The number of hydrogen-bond acceptors (Lipinski definition) is 6. The maximum atomic E-state index is 13.6. The normalized spacial score (nSPS) is 28.0. The molecule has 1 N–H and O–H groups in total. The second kappa shape index (κ2) is 11.3. The molecule has 0 radical (unpaired) electrons. The molecule has 0 aromatic heterocycles. The molecule has 4 aliphatic rings. The molecule has 2 aliphatic heterocycles. The van der Waals surface area contributed by atoms with Crippen LogP contribution in [0.3, 0.4) is 0 Å². The highest BCUT2D eigenvalue weighted by Gasteiger charge is 2.73. The van der Waals surface area contributed by atoms with Gasteiger partial charge in [-0.1, -0.05) is 48.5 Å². The number of carbonyl (C=O) groups excluding carboxylic acids is 1. The van der Waals surface area contributed by atoms with Crippen LogP contribution in [0.25, 0.3) is 6.08 Å². The van der Waals surface area contributed by atoms with Crippen molar-refractivity contribution in [3.63, 3.8) is 0 Å². The zero-order valence-corrected chi connectivity index (χ0v) is 25.8. The van der Waals surface area contributed by atoms with Gasteiger partial charge in [0.25, 0.3) is 0 Å². The average molecular weight is 635 g/mol. The third-order valence-electron chi connectivity index (χ3n) is 10.6. The Bertz CT molecular complexity index is 1660. The Kier molecular flexibility index (Phi) is 7.55. The van der Waals surface area contributed by atoms with Crippen LogP contribution < -0.4 is 14.2 Å². The predicted molar refractivity (Wildman–Crippen MR) is 166 cm³/mol. The number of amides is 1. The van der Waals surface area contributed by atoms with E-state index >= 15 is 0 Å². The number of benzene rings is 3. The first-order valence-electron chi connectivity index (χ1n) is 15.7. The van der Waals surface area contributed by atoms with E-state index in [1.165, 1.54) is 35.9 Å². The highest BCUT2D eigenvalue weighted by molar-refractivity contribution is 5.92. The van der Waals surface area contributed by atoms with Crippen LogP contribution in [0.2, 0.25) is 0 Å². The molecule has 2 unspecified atom stereocenters. The van der Waals surface area contributed by atoms with Gasteiger partial charge in [0.05, 0.1) is 24.2 Å². The minimum Gasteiger partial charge on any atom is -0.493 e. The highest BCUT2D eigenvalue weighted by atomic mass is 19.4. The summed E-state index contributed by atoms with van der Waals surface area (Å²) in [4.78, 5) is 17.7. The summed E-state index contributed by atoms with van der Waals surface area (Å²) < 4.78 is 54.7. The maximum absolute atomic E-state index is 13.6. The second-order valence-electron chi connectivity index (χ2n) is 12.8. The van der Waals surface area contributed by atoms with Crippen molar-refractivity contribution < 1.29 is 37.3 Å². The molecular weight excluding hydrogens is 597 g/mol. The van der Waals surface area contributed by atoms with Crippen molar-refractivity contribution in [2.24, 2.45) is 0 Å². The first-order chi connectivity index (χ1) is 22.0. The van der Waals surface area contributed by atoms with Crippen molar-refractivity contribution in [2.75, 3.05) is 27.2 Å². The van der Waals surface area contributed by atoms with E-state index in [9.17, 15) is 23.1 Å². The van der Waals surface area contributed by atoms with Gasteiger partial charge in [-0.15, -0.1) is 13.2 Å². The number of likely N-dealkylation sites (tertiary alicyclic amines) is 1. The van der Waals surface area contributed by atoms with E-state index in [-0.39, 0.29) is 23.7 Å². The number of carbonyl (C=O) groups is 1. The Hall–Kier alpha value is -4.02. The molecule has 3 aromatic carbocycles. The zero-order chi connectivity index (χ0) is 32.3. The van der Waals surface area contributed by atoms with Crippen LogP contribution >= 0.6 is 0 Å². The van der Waals surface area contributed by atoms with Crippen LogP contribution in [0.5, 0.6) is 17.2 Å². The van der Waals surface area contributed by atoms with E-state index < -0.39 is 23.5 Å². The van der Waals surface area contributed by atoms with Crippen LogP contribution in [0, 0.1) is 0 Å². The number of aliphatic hydroxyl groups is 1. The Morgan fingerprint density at radius 1 is 1.13 bits per heavy atom. The van der Waals surface area contributed by atoms with E-state index in [1.807, 2.05) is 24.3 Å². The number of halogens is 3. The summed E-state index contributed by atoms with van der Waals surface area (Å²) >= 11 is 0. The zero-order valence-electron chi connectivity index (χ0n) is 25.8. The van der Waals surface area contributed by atoms with Gasteiger partial charge in [0.1, 0.15) is 11.9 Å². The first-order valence-corrected chi connectivity index (χ1v) is 15.7. The quantitative estimate of drug-likeness (QED) is 0.329. The number of piperidine rings is 1. The summed E-state index contributed by atoms with van der Waals surface area (Å²) in [6.07, 6.45) is 0.822. The Morgan fingerprint density at radius 2 is 1.93 bits per heavy atom. The van der Waals surface area contributed by atoms with Gasteiger partial charge in [0.2, 0.25) is 5.91 Å². The largest absolute Gasteiger partial charge is 0.573 e. The first kappa shape index (κ1) is 30.6. The molecule has 7 nitrogen and oxygen atoms in total. The lowest BCUT2D eigenvalue weighted by Gasteiger charge is -2.64. The third kappa shape index (κ3) is 4.93. The van der Waals surface area contributed by atoms with Crippen molar-refractivity contribution >= 4 is 12.0 Å². The lowest BCUT2D eigenvalue weighted by Crippen LogP contribution is -2.78. The summed E-state index contributed by atoms with van der Waals surface area (Å²) in [6.45, 7) is 1.62. The summed E-state index contributed by atoms with van der Waals surface area (Å²) in [5, 5.41) is 12.9. The number of rotatable bonds is 8. The highest BCUT2D eigenvalue weighted by Crippen LogP contribution is 2.66. The van der Waals surface area contributed by atoms with Crippen molar-refractivity contribution in [3.05, 3.63) is 95.1 Å². The monoisotopic (exact) mass is 634 g/mol. The predicted octanol–water partition coefficient (Wildman–Crippen LogP) is 5.53. The second-order valence-corrected chi connectivity index (χ2v) is 12.8. The average Bonchev–Trinajstić information content (AvgIpc) is 3.38. The van der Waals surface area contributed by atoms with Crippen molar-refractivity contribution in [2.45, 2.75) is 67.7 Å². The van der Waals surface area contributed by atoms with Gasteiger partial charge in [-0.3, -0.25) is 9.69 Å². The van der Waals surface area contributed by atoms with Crippen LogP contribution in [0.4, 0.5) is 13.2 Å². The summed E-state index contributed by atoms with van der Waals surface area (Å²) in [6, 6.07) is 19.4. The molecule has 2 aliphatic carbocycles. The number of nitrogens with zero attached hydrogens (tertiary/aromatic N) is 2. The Balaban J connectivity index is 1.18. The fourth-order valence-corrected chi connectivity index (χ4v) is 8.60.